The van der Waals surface area contributed by atoms with E-state index in [2.05, 4.69) is 37.9 Å². The molecule has 2 aliphatic heterocycles. The zero-order valence-corrected chi connectivity index (χ0v) is 11.4. The highest BCUT2D eigenvalue weighted by molar-refractivity contribution is 4.88. The molecule has 0 aromatic rings. The Labute approximate surface area is 101 Å². The fourth-order valence-electron chi connectivity index (χ4n) is 3.20. The maximum absolute atomic E-state index is 3.56. The van der Waals surface area contributed by atoms with E-state index in [0.29, 0.717) is 5.41 Å². The summed E-state index contributed by atoms with van der Waals surface area (Å²) in [5.74, 6) is 1.79. The van der Waals surface area contributed by atoms with Gasteiger partial charge in [0.05, 0.1) is 0 Å². The van der Waals surface area contributed by atoms with Crippen molar-refractivity contribution in [2.75, 3.05) is 26.2 Å². The highest BCUT2D eigenvalue weighted by Crippen LogP contribution is 2.34. The van der Waals surface area contributed by atoms with E-state index in [1.165, 1.54) is 39.0 Å². The summed E-state index contributed by atoms with van der Waals surface area (Å²) in [7, 11) is 0. The SMILES string of the molecule is CC1NCCC1CN1CCC(C(C)(C)C)C1. The smallest absolute Gasteiger partial charge is 0.00796 e. The molecular weight excluding hydrogens is 196 g/mol. The summed E-state index contributed by atoms with van der Waals surface area (Å²) in [5, 5.41) is 3.56. The number of rotatable bonds is 2. The molecule has 0 spiro atoms. The summed E-state index contributed by atoms with van der Waals surface area (Å²) in [5.41, 5.74) is 0.494. The third-order valence-electron chi connectivity index (χ3n) is 4.68. The van der Waals surface area contributed by atoms with E-state index in [0.717, 1.165) is 17.9 Å². The molecule has 0 aromatic heterocycles. The van der Waals surface area contributed by atoms with Gasteiger partial charge in [0.2, 0.25) is 0 Å². The van der Waals surface area contributed by atoms with Crippen molar-refractivity contribution in [2.45, 2.75) is 46.6 Å². The highest BCUT2D eigenvalue weighted by Gasteiger charge is 2.33. The summed E-state index contributed by atoms with van der Waals surface area (Å²) in [4.78, 5) is 2.70. The summed E-state index contributed by atoms with van der Waals surface area (Å²) in [6.07, 6.45) is 2.77. The van der Waals surface area contributed by atoms with Crippen LogP contribution in [-0.2, 0) is 0 Å². The molecule has 2 heteroatoms. The van der Waals surface area contributed by atoms with Gasteiger partial charge in [-0.2, -0.15) is 0 Å². The van der Waals surface area contributed by atoms with Crippen LogP contribution in [-0.4, -0.2) is 37.1 Å². The number of nitrogens with one attached hydrogen (secondary N) is 1. The standard InChI is InChI=1S/C14H28N2/c1-11-12(5-7-15-11)9-16-8-6-13(10-16)14(2,3)4/h11-13,15H,5-10H2,1-4H3. The van der Waals surface area contributed by atoms with Gasteiger partial charge in [0.25, 0.3) is 0 Å². The quantitative estimate of drug-likeness (QED) is 0.774. The molecule has 2 nitrogen and oxygen atoms in total. The predicted molar refractivity (Wildman–Crippen MR) is 69.6 cm³/mol. The van der Waals surface area contributed by atoms with E-state index in [9.17, 15) is 0 Å². The molecule has 2 aliphatic rings. The molecule has 2 rings (SSSR count). The van der Waals surface area contributed by atoms with Crippen molar-refractivity contribution in [3.63, 3.8) is 0 Å². The molecule has 16 heavy (non-hydrogen) atoms. The second-order valence-electron chi connectivity index (χ2n) is 6.90. The van der Waals surface area contributed by atoms with Crippen LogP contribution < -0.4 is 5.32 Å². The lowest BCUT2D eigenvalue weighted by atomic mass is 9.80. The van der Waals surface area contributed by atoms with Gasteiger partial charge in [-0.3, -0.25) is 0 Å². The van der Waals surface area contributed by atoms with Crippen LogP contribution in [0, 0.1) is 17.3 Å². The zero-order chi connectivity index (χ0) is 11.8. The first-order chi connectivity index (χ1) is 7.47. The van der Waals surface area contributed by atoms with E-state index >= 15 is 0 Å². The van der Waals surface area contributed by atoms with Crippen LogP contribution in [0.4, 0.5) is 0 Å². The Kier molecular flexibility index (Phi) is 3.60. The van der Waals surface area contributed by atoms with Crippen LogP contribution in [0.3, 0.4) is 0 Å². The molecular formula is C14H28N2. The minimum absolute atomic E-state index is 0.494. The van der Waals surface area contributed by atoms with Gasteiger partial charge in [-0.15, -0.1) is 0 Å². The number of hydrogen-bond acceptors (Lipinski definition) is 2. The molecule has 0 radical (unpaired) electrons. The Morgan fingerprint density at radius 1 is 1.25 bits per heavy atom. The van der Waals surface area contributed by atoms with Gasteiger partial charge in [-0.05, 0) is 50.1 Å². The minimum Gasteiger partial charge on any atom is -0.314 e. The molecule has 0 bridgehead atoms. The van der Waals surface area contributed by atoms with Gasteiger partial charge in [0.15, 0.2) is 0 Å². The van der Waals surface area contributed by atoms with Crippen molar-refractivity contribution in [1.82, 2.24) is 10.2 Å². The van der Waals surface area contributed by atoms with Crippen molar-refractivity contribution in [3.8, 4) is 0 Å². The Morgan fingerprint density at radius 3 is 2.50 bits per heavy atom. The molecule has 2 saturated heterocycles. The lowest BCUT2D eigenvalue weighted by molar-refractivity contribution is 0.211. The third kappa shape index (κ3) is 2.78. The number of hydrogen-bond donors (Lipinski definition) is 1. The third-order valence-corrected chi connectivity index (χ3v) is 4.68. The van der Waals surface area contributed by atoms with Crippen molar-refractivity contribution in [3.05, 3.63) is 0 Å². The average Bonchev–Trinajstić information content (AvgIpc) is 2.76. The molecule has 2 fully saturated rings. The maximum Gasteiger partial charge on any atom is 0.00796 e. The fourth-order valence-corrected chi connectivity index (χ4v) is 3.20. The van der Waals surface area contributed by atoms with Crippen LogP contribution in [0.25, 0.3) is 0 Å². The van der Waals surface area contributed by atoms with Crippen molar-refractivity contribution in [2.24, 2.45) is 17.3 Å². The molecule has 94 valence electrons. The van der Waals surface area contributed by atoms with Crippen LogP contribution in [0.1, 0.15) is 40.5 Å². The van der Waals surface area contributed by atoms with Crippen LogP contribution in [0.2, 0.25) is 0 Å². The molecule has 0 saturated carbocycles. The largest absolute Gasteiger partial charge is 0.314 e. The second-order valence-corrected chi connectivity index (χ2v) is 6.90. The minimum atomic E-state index is 0.494. The molecule has 0 aromatic carbocycles. The Hall–Kier alpha value is -0.0800. The summed E-state index contributed by atoms with van der Waals surface area (Å²) >= 11 is 0. The zero-order valence-electron chi connectivity index (χ0n) is 11.4. The summed E-state index contributed by atoms with van der Waals surface area (Å²) < 4.78 is 0. The molecule has 0 amide bonds. The van der Waals surface area contributed by atoms with Gasteiger partial charge < -0.3 is 10.2 Å². The van der Waals surface area contributed by atoms with Crippen molar-refractivity contribution >= 4 is 0 Å². The number of likely N-dealkylation sites (tertiary alicyclic amines) is 1. The predicted octanol–water partition coefficient (Wildman–Crippen LogP) is 2.35. The highest BCUT2D eigenvalue weighted by atomic mass is 15.2. The van der Waals surface area contributed by atoms with Gasteiger partial charge >= 0.3 is 0 Å². The molecule has 3 atom stereocenters. The van der Waals surface area contributed by atoms with Crippen LogP contribution in [0.5, 0.6) is 0 Å². The Balaban J connectivity index is 1.81. The topological polar surface area (TPSA) is 15.3 Å². The van der Waals surface area contributed by atoms with E-state index in [4.69, 9.17) is 0 Å². The van der Waals surface area contributed by atoms with Crippen LogP contribution >= 0.6 is 0 Å². The van der Waals surface area contributed by atoms with Gasteiger partial charge in [-0.1, -0.05) is 20.8 Å². The Morgan fingerprint density at radius 2 is 2.00 bits per heavy atom. The first kappa shape index (κ1) is 12.4. The van der Waals surface area contributed by atoms with E-state index in [-0.39, 0.29) is 0 Å². The lowest BCUT2D eigenvalue weighted by Gasteiger charge is -2.28. The van der Waals surface area contributed by atoms with E-state index < -0.39 is 0 Å². The monoisotopic (exact) mass is 224 g/mol. The average molecular weight is 224 g/mol. The van der Waals surface area contributed by atoms with Crippen molar-refractivity contribution in [1.29, 1.82) is 0 Å². The molecule has 1 N–H and O–H groups in total. The van der Waals surface area contributed by atoms with E-state index in [1.807, 2.05) is 0 Å². The number of nitrogens with zero attached hydrogens (tertiary/aromatic N) is 1. The van der Waals surface area contributed by atoms with Crippen molar-refractivity contribution < 1.29 is 0 Å². The lowest BCUT2D eigenvalue weighted by Crippen LogP contribution is -2.34. The van der Waals surface area contributed by atoms with Gasteiger partial charge in [0, 0.05) is 19.1 Å². The van der Waals surface area contributed by atoms with Gasteiger partial charge in [-0.25, -0.2) is 0 Å². The second kappa shape index (κ2) is 4.66. The molecule has 3 unspecified atom stereocenters. The normalized spacial score (nSPS) is 37.1. The van der Waals surface area contributed by atoms with E-state index in [1.54, 1.807) is 0 Å². The first-order valence-corrected chi connectivity index (χ1v) is 6.92. The first-order valence-electron chi connectivity index (χ1n) is 6.92. The molecule has 0 aliphatic carbocycles. The van der Waals surface area contributed by atoms with Gasteiger partial charge in [0.1, 0.15) is 0 Å². The maximum atomic E-state index is 3.56. The van der Waals surface area contributed by atoms with Crippen LogP contribution in [0.15, 0.2) is 0 Å². The molecule has 2 heterocycles. The fraction of sp³-hybridized carbons (Fsp3) is 1.00. The Bertz CT molecular complexity index is 231. The summed E-state index contributed by atoms with van der Waals surface area (Å²) in [6, 6.07) is 0.730. The summed E-state index contributed by atoms with van der Waals surface area (Å²) in [6.45, 7) is 14.7.